The first-order valence-electron chi connectivity index (χ1n) is 6.50. The third-order valence-electron chi connectivity index (χ3n) is 3.66. The molecule has 3 N–H and O–H groups in total. The Morgan fingerprint density at radius 1 is 1.58 bits per heavy atom. The number of fused-ring (bicyclic) bond motifs is 1. The highest BCUT2D eigenvalue weighted by atomic mass is 16.3. The smallest absolute Gasteiger partial charge is 0.349 e. The van der Waals surface area contributed by atoms with Crippen LogP contribution in [0.2, 0.25) is 0 Å². The first kappa shape index (κ1) is 12.2. The van der Waals surface area contributed by atoms with Crippen molar-refractivity contribution in [2.24, 2.45) is 5.92 Å². The number of aromatic amines is 1. The van der Waals surface area contributed by atoms with Gasteiger partial charge in [0.25, 0.3) is 0 Å². The van der Waals surface area contributed by atoms with Crippen LogP contribution in [0.1, 0.15) is 25.1 Å². The predicted octanol–water partition coefficient (Wildman–Crippen LogP) is 0.299. The summed E-state index contributed by atoms with van der Waals surface area (Å²) in [6.07, 6.45) is 2.61. The Morgan fingerprint density at radius 2 is 2.42 bits per heavy atom. The Kier molecular flexibility index (Phi) is 2.98. The molecule has 7 heteroatoms. The summed E-state index contributed by atoms with van der Waals surface area (Å²) in [5, 5.41) is 19.1. The number of aromatic nitrogens is 4. The molecule has 0 aromatic carbocycles. The van der Waals surface area contributed by atoms with Gasteiger partial charge in [-0.1, -0.05) is 0 Å². The van der Waals surface area contributed by atoms with Gasteiger partial charge in [0, 0.05) is 12.6 Å². The zero-order valence-corrected chi connectivity index (χ0v) is 10.8. The lowest BCUT2D eigenvalue weighted by molar-refractivity contribution is 0.178. The molecule has 0 aliphatic heterocycles. The lowest BCUT2D eigenvalue weighted by Crippen LogP contribution is -2.16. The second-order valence-electron chi connectivity index (χ2n) is 5.12. The molecule has 0 spiro atoms. The Morgan fingerprint density at radius 3 is 3.16 bits per heavy atom. The van der Waals surface area contributed by atoms with Gasteiger partial charge in [0.05, 0.1) is 6.10 Å². The molecule has 1 aliphatic rings. The molecule has 1 aliphatic carbocycles. The fourth-order valence-corrected chi connectivity index (χ4v) is 2.67. The van der Waals surface area contributed by atoms with Crippen LogP contribution < -0.4 is 11.0 Å². The molecule has 19 heavy (non-hydrogen) atoms. The molecule has 7 nitrogen and oxygen atoms in total. The van der Waals surface area contributed by atoms with Crippen LogP contribution >= 0.6 is 0 Å². The molecule has 2 aromatic heterocycles. The van der Waals surface area contributed by atoms with Gasteiger partial charge in [0.15, 0.2) is 5.65 Å². The third kappa shape index (κ3) is 2.33. The van der Waals surface area contributed by atoms with Gasteiger partial charge in [-0.2, -0.15) is 5.10 Å². The summed E-state index contributed by atoms with van der Waals surface area (Å²) in [5.74, 6) is 1.80. The van der Waals surface area contributed by atoms with Crippen LogP contribution in [0.4, 0.5) is 5.82 Å². The molecule has 2 unspecified atom stereocenters. The second-order valence-corrected chi connectivity index (χ2v) is 5.12. The molecule has 102 valence electrons. The van der Waals surface area contributed by atoms with Crippen molar-refractivity contribution < 1.29 is 5.11 Å². The first-order chi connectivity index (χ1) is 9.13. The summed E-state index contributed by atoms with van der Waals surface area (Å²) in [6, 6.07) is 1.75. The highest BCUT2D eigenvalue weighted by molar-refractivity contribution is 5.49. The Labute approximate surface area is 109 Å². The van der Waals surface area contributed by atoms with Crippen LogP contribution in [-0.4, -0.2) is 37.3 Å². The monoisotopic (exact) mass is 263 g/mol. The van der Waals surface area contributed by atoms with Crippen molar-refractivity contribution in [3.63, 3.8) is 0 Å². The summed E-state index contributed by atoms with van der Waals surface area (Å²) in [6.45, 7) is 2.56. The molecule has 1 fully saturated rings. The average Bonchev–Trinajstić information content (AvgIpc) is 2.94. The molecule has 0 radical (unpaired) electrons. The highest BCUT2D eigenvalue weighted by Gasteiger charge is 2.22. The minimum atomic E-state index is -0.273. The lowest BCUT2D eigenvalue weighted by Gasteiger charge is -2.11. The van der Waals surface area contributed by atoms with E-state index < -0.39 is 0 Å². The maximum absolute atomic E-state index is 11.5. The van der Waals surface area contributed by atoms with E-state index in [0.717, 1.165) is 25.8 Å². The van der Waals surface area contributed by atoms with E-state index in [4.69, 9.17) is 0 Å². The van der Waals surface area contributed by atoms with Gasteiger partial charge in [-0.3, -0.25) is 0 Å². The summed E-state index contributed by atoms with van der Waals surface area (Å²) in [5.41, 5.74) is 0.289. The standard InChI is InChI=1S/C12H17N5O2/c1-7-14-10(5-11-15-16-12(19)17(7)11)13-6-8-2-3-9(18)4-8/h5,8-9,13,18H,2-4,6H2,1H3,(H,16,19). The van der Waals surface area contributed by atoms with Crippen molar-refractivity contribution in [1.82, 2.24) is 19.6 Å². The van der Waals surface area contributed by atoms with Gasteiger partial charge in [0.2, 0.25) is 0 Å². The molecule has 0 saturated heterocycles. The van der Waals surface area contributed by atoms with E-state index in [1.54, 1.807) is 13.0 Å². The SMILES string of the molecule is Cc1nc(NCC2CCC(O)C2)cc2n[nH]c(=O)n12. The fraction of sp³-hybridized carbons (Fsp3) is 0.583. The van der Waals surface area contributed by atoms with E-state index in [-0.39, 0.29) is 11.8 Å². The van der Waals surface area contributed by atoms with Gasteiger partial charge >= 0.3 is 5.69 Å². The molecular formula is C12H17N5O2. The number of nitrogens with one attached hydrogen (secondary N) is 2. The van der Waals surface area contributed by atoms with Crippen LogP contribution in [0.15, 0.2) is 10.9 Å². The number of aliphatic hydroxyl groups excluding tert-OH is 1. The van der Waals surface area contributed by atoms with Crippen molar-refractivity contribution >= 4 is 11.5 Å². The summed E-state index contributed by atoms with van der Waals surface area (Å²) >= 11 is 0. The summed E-state index contributed by atoms with van der Waals surface area (Å²) < 4.78 is 1.44. The van der Waals surface area contributed by atoms with Crippen molar-refractivity contribution in [3.8, 4) is 0 Å². The Hall–Kier alpha value is -1.89. The lowest BCUT2D eigenvalue weighted by atomic mass is 10.1. The second kappa shape index (κ2) is 4.65. The molecule has 3 rings (SSSR count). The van der Waals surface area contributed by atoms with Gasteiger partial charge in [-0.05, 0) is 32.1 Å². The predicted molar refractivity (Wildman–Crippen MR) is 70.2 cm³/mol. The first-order valence-corrected chi connectivity index (χ1v) is 6.50. The Bertz CT molecular complexity index is 647. The number of aliphatic hydroxyl groups is 1. The van der Waals surface area contributed by atoms with Crippen molar-refractivity contribution in [3.05, 3.63) is 22.4 Å². The number of anilines is 1. The molecule has 0 bridgehead atoms. The van der Waals surface area contributed by atoms with Gasteiger partial charge in [-0.15, -0.1) is 0 Å². The number of aryl methyl sites for hydroxylation is 1. The number of H-pyrrole nitrogens is 1. The molecule has 2 atom stereocenters. The zero-order chi connectivity index (χ0) is 13.4. The van der Waals surface area contributed by atoms with Crippen LogP contribution in [0.25, 0.3) is 5.65 Å². The molecule has 2 heterocycles. The van der Waals surface area contributed by atoms with Gasteiger partial charge in [-0.25, -0.2) is 19.3 Å². The van der Waals surface area contributed by atoms with Crippen LogP contribution in [0.3, 0.4) is 0 Å². The van der Waals surface area contributed by atoms with E-state index in [2.05, 4.69) is 20.5 Å². The van der Waals surface area contributed by atoms with Crippen LogP contribution in [0.5, 0.6) is 0 Å². The largest absolute Gasteiger partial charge is 0.393 e. The molecule has 2 aromatic rings. The van der Waals surface area contributed by atoms with E-state index in [1.807, 2.05) is 0 Å². The number of nitrogens with zero attached hydrogens (tertiary/aromatic N) is 3. The van der Waals surface area contributed by atoms with E-state index >= 15 is 0 Å². The zero-order valence-electron chi connectivity index (χ0n) is 10.8. The number of hydrogen-bond acceptors (Lipinski definition) is 5. The Balaban J connectivity index is 1.76. The average molecular weight is 263 g/mol. The van der Waals surface area contributed by atoms with Crippen molar-refractivity contribution in [1.29, 1.82) is 0 Å². The third-order valence-corrected chi connectivity index (χ3v) is 3.66. The van der Waals surface area contributed by atoms with E-state index in [1.165, 1.54) is 4.40 Å². The number of rotatable bonds is 3. The summed E-state index contributed by atoms with van der Waals surface area (Å²) in [7, 11) is 0. The molecule has 0 amide bonds. The molecule has 1 saturated carbocycles. The fourth-order valence-electron chi connectivity index (χ4n) is 2.67. The van der Waals surface area contributed by atoms with Crippen molar-refractivity contribution in [2.45, 2.75) is 32.3 Å². The minimum Gasteiger partial charge on any atom is -0.393 e. The maximum atomic E-state index is 11.5. The highest BCUT2D eigenvalue weighted by Crippen LogP contribution is 2.25. The topological polar surface area (TPSA) is 95.3 Å². The quantitative estimate of drug-likeness (QED) is 0.740. The normalized spacial score (nSPS) is 23.1. The maximum Gasteiger partial charge on any atom is 0.349 e. The van der Waals surface area contributed by atoms with Crippen LogP contribution in [0, 0.1) is 12.8 Å². The molecular weight excluding hydrogens is 246 g/mol. The van der Waals surface area contributed by atoms with E-state index in [0.29, 0.717) is 23.2 Å². The van der Waals surface area contributed by atoms with Gasteiger partial charge in [0.1, 0.15) is 11.6 Å². The van der Waals surface area contributed by atoms with Gasteiger partial charge < -0.3 is 10.4 Å². The van der Waals surface area contributed by atoms with E-state index in [9.17, 15) is 9.90 Å². The number of hydrogen-bond donors (Lipinski definition) is 3. The summed E-state index contributed by atoms with van der Waals surface area (Å²) in [4.78, 5) is 15.8. The van der Waals surface area contributed by atoms with Crippen LogP contribution in [-0.2, 0) is 0 Å². The van der Waals surface area contributed by atoms with Crippen molar-refractivity contribution in [2.75, 3.05) is 11.9 Å². The minimum absolute atomic E-state index is 0.158.